The molecule has 0 unspecified atom stereocenters. The number of nitrogens with one attached hydrogen (secondary N) is 1. The number of aryl methyl sites for hydroxylation is 1. The largest absolute Gasteiger partial charge is 0.487 e. The van der Waals surface area contributed by atoms with Crippen molar-refractivity contribution >= 4 is 23.4 Å². The molecule has 1 aliphatic rings. The lowest BCUT2D eigenvalue weighted by Crippen LogP contribution is -2.19. The third-order valence-corrected chi connectivity index (χ3v) is 5.36. The summed E-state index contributed by atoms with van der Waals surface area (Å²) in [6.45, 7) is 4.23. The number of allylic oxidation sites excluding steroid dienone is 1. The van der Waals surface area contributed by atoms with Crippen LogP contribution in [0, 0.1) is 0 Å². The minimum atomic E-state index is -0.102. The van der Waals surface area contributed by atoms with Crippen LogP contribution in [-0.4, -0.2) is 16.1 Å². The molecule has 0 atom stereocenters. The summed E-state index contributed by atoms with van der Waals surface area (Å²) in [6.07, 6.45) is 7.22. The predicted molar refractivity (Wildman–Crippen MR) is 121 cm³/mol. The summed E-state index contributed by atoms with van der Waals surface area (Å²) in [6, 6.07) is 13.4. The third-order valence-electron chi connectivity index (χ3n) is 5.13. The maximum Gasteiger partial charge on any atom is 0.258 e. The molecule has 0 saturated carbocycles. The van der Waals surface area contributed by atoms with Crippen LogP contribution in [0.5, 0.6) is 5.75 Å². The molecular weight excluding hydrogens is 398 g/mol. The Kier molecular flexibility index (Phi) is 6.31. The Morgan fingerprint density at radius 2 is 2.07 bits per heavy atom. The maximum absolute atomic E-state index is 12.7. The van der Waals surface area contributed by atoms with E-state index in [1.807, 2.05) is 6.07 Å². The standard InChI is InChI=1S/C24H24ClN3O2/c1-2-26-14-17-3-4-19-12-22(8-5-18(19)11-17)28-10-9-23(13-24(28)29)30-16-21-7-6-20(25)15-27-21/h3-4,6-7,9-13,15,26H,2,5,8,14,16H2,1H3. The molecule has 2 heterocycles. The summed E-state index contributed by atoms with van der Waals surface area (Å²) in [7, 11) is 0. The molecule has 0 radical (unpaired) electrons. The fraction of sp³-hybridized carbons (Fsp3) is 0.250. The van der Waals surface area contributed by atoms with Crippen molar-refractivity contribution in [1.82, 2.24) is 14.9 Å². The summed E-state index contributed by atoms with van der Waals surface area (Å²) in [5.41, 5.74) is 5.45. The number of halogens is 1. The number of hydrogen-bond acceptors (Lipinski definition) is 4. The van der Waals surface area contributed by atoms with Crippen LogP contribution in [0.25, 0.3) is 11.8 Å². The van der Waals surface area contributed by atoms with Crippen molar-refractivity contribution in [2.45, 2.75) is 32.9 Å². The molecule has 1 aliphatic carbocycles. The van der Waals surface area contributed by atoms with Gasteiger partial charge in [0.05, 0.1) is 10.7 Å². The van der Waals surface area contributed by atoms with E-state index in [2.05, 4.69) is 41.5 Å². The molecule has 4 rings (SSSR count). The number of aromatic nitrogens is 2. The quantitative estimate of drug-likeness (QED) is 0.609. The van der Waals surface area contributed by atoms with Gasteiger partial charge in [-0.2, -0.15) is 0 Å². The lowest BCUT2D eigenvalue weighted by atomic mass is 9.93. The van der Waals surface area contributed by atoms with Crippen LogP contribution in [0.15, 0.2) is 59.7 Å². The van der Waals surface area contributed by atoms with E-state index in [1.54, 1.807) is 29.1 Å². The number of nitrogens with zero attached hydrogens (tertiary/aromatic N) is 2. The van der Waals surface area contributed by atoms with Gasteiger partial charge < -0.3 is 10.1 Å². The fourth-order valence-corrected chi connectivity index (χ4v) is 3.65. The molecule has 0 aliphatic heterocycles. The molecule has 1 aromatic carbocycles. The van der Waals surface area contributed by atoms with Crippen molar-refractivity contribution in [2.24, 2.45) is 0 Å². The van der Waals surface area contributed by atoms with Gasteiger partial charge in [0, 0.05) is 30.7 Å². The van der Waals surface area contributed by atoms with E-state index in [1.165, 1.54) is 22.8 Å². The lowest BCUT2D eigenvalue weighted by Gasteiger charge is -2.19. The van der Waals surface area contributed by atoms with Gasteiger partial charge in [0.2, 0.25) is 0 Å². The molecule has 0 amide bonds. The zero-order valence-electron chi connectivity index (χ0n) is 16.9. The summed E-state index contributed by atoms with van der Waals surface area (Å²) in [5, 5.41) is 3.94. The number of rotatable bonds is 7. The second-order valence-corrected chi connectivity index (χ2v) is 7.71. The summed E-state index contributed by atoms with van der Waals surface area (Å²) in [4.78, 5) is 16.9. The Hall–Kier alpha value is -2.89. The maximum atomic E-state index is 12.7. The van der Waals surface area contributed by atoms with Crippen LogP contribution >= 0.6 is 11.6 Å². The van der Waals surface area contributed by atoms with E-state index in [0.717, 1.165) is 37.3 Å². The van der Waals surface area contributed by atoms with Gasteiger partial charge in [0.1, 0.15) is 12.4 Å². The molecule has 6 heteroatoms. The van der Waals surface area contributed by atoms with Gasteiger partial charge in [-0.25, -0.2) is 0 Å². The van der Waals surface area contributed by atoms with E-state index >= 15 is 0 Å². The zero-order chi connectivity index (χ0) is 20.9. The normalized spacial score (nSPS) is 12.9. The van der Waals surface area contributed by atoms with Gasteiger partial charge in [-0.1, -0.05) is 36.7 Å². The summed E-state index contributed by atoms with van der Waals surface area (Å²) in [5.74, 6) is 0.526. The van der Waals surface area contributed by atoms with E-state index < -0.39 is 0 Å². The molecule has 0 bridgehead atoms. The molecule has 0 saturated heterocycles. The van der Waals surface area contributed by atoms with E-state index in [-0.39, 0.29) is 12.2 Å². The highest BCUT2D eigenvalue weighted by molar-refractivity contribution is 6.30. The topological polar surface area (TPSA) is 56.1 Å². The SMILES string of the molecule is CCNCc1ccc2c(c1)CCC(n1ccc(OCc3ccc(Cl)cn3)cc1=O)=C2. The molecule has 1 N–H and O–H groups in total. The van der Waals surface area contributed by atoms with Gasteiger partial charge in [-0.3, -0.25) is 14.3 Å². The number of fused-ring (bicyclic) bond motifs is 1. The third kappa shape index (κ3) is 4.81. The Balaban J connectivity index is 1.48. The lowest BCUT2D eigenvalue weighted by molar-refractivity contribution is 0.300. The monoisotopic (exact) mass is 421 g/mol. The van der Waals surface area contributed by atoms with Crippen LogP contribution in [0.2, 0.25) is 5.02 Å². The highest BCUT2D eigenvalue weighted by atomic mass is 35.5. The molecule has 0 spiro atoms. The highest BCUT2D eigenvalue weighted by Gasteiger charge is 2.14. The van der Waals surface area contributed by atoms with Crippen LogP contribution < -0.4 is 15.6 Å². The minimum absolute atomic E-state index is 0.102. The smallest absolute Gasteiger partial charge is 0.258 e. The fourth-order valence-electron chi connectivity index (χ4n) is 3.54. The average molecular weight is 422 g/mol. The molecule has 2 aromatic heterocycles. The Bertz CT molecular complexity index is 1120. The minimum Gasteiger partial charge on any atom is -0.487 e. The highest BCUT2D eigenvalue weighted by Crippen LogP contribution is 2.27. The molecule has 3 aromatic rings. The van der Waals surface area contributed by atoms with Crippen molar-refractivity contribution in [1.29, 1.82) is 0 Å². The van der Waals surface area contributed by atoms with Crippen LogP contribution in [0.3, 0.4) is 0 Å². The first-order valence-corrected chi connectivity index (χ1v) is 10.5. The van der Waals surface area contributed by atoms with Crippen molar-refractivity contribution in [3.63, 3.8) is 0 Å². The molecule has 5 nitrogen and oxygen atoms in total. The average Bonchev–Trinajstić information content (AvgIpc) is 2.77. The van der Waals surface area contributed by atoms with Gasteiger partial charge >= 0.3 is 0 Å². The first kappa shape index (κ1) is 20.4. The van der Waals surface area contributed by atoms with Gasteiger partial charge in [0.15, 0.2) is 0 Å². The van der Waals surface area contributed by atoms with Crippen molar-refractivity contribution < 1.29 is 4.74 Å². The van der Waals surface area contributed by atoms with Crippen molar-refractivity contribution in [2.75, 3.05) is 6.54 Å². The van der Waals surface area contributed by atoms with Crippen molar-refractivity contribution in [3.05, 3.63) is 92.6 Å². The van der Waals surface area contributed by atoms with Gasteiger partial charge in [-0.15, -0.1) is 0 Å². The predicted octanol–water partition coefficient (Wildman–Crippen LogP) is 4.53. The second kappa shape index (κ2) is 9.28. The second-order valence-electron chi connectivity index (χ2n) is 7.28. The van der Waals surface area contributed by atoms with Crippen LogP contribution in [0.4, 0.5) is 0 Å². The Morgan fingerprint density at radius 1 is 1.17 bits per heavy atom. The Morgan fingerprint density at radius 3 is 2.83 bits per heavy atom. The Labute approximate surface area is 181 Å². The van der Waals surface area contributed by atoms with E-state index in [4.69, 9.17) is 16.3 Å². The summed E-state index contributed by atoms with van der Waals surface area (Å²) < 4.78 is 7.41. The number of benzene rings is 1. The summed E-state index contributed by atoms with van der Waals surface area (Å²) >= 11 is 5.84. The number of pyridine rings is 2. The number of hydrogen-bond donors (Lipinski definition) is 1. The number of ether oxygens (including phenoxy) is 1. The van der Waals surface area contributed by atoms with Crippen molar-refractivity contribution in [3.8, 4) is 5.75 Å². The molecule has 30 heavy (non-hydrogen) atoms. The molecular formula is C24H24ClN3O2. The van der Waals surface area contributed by atoms with Gasteiger partial charge in [0.25, 0.3) is 5.56 Å². The van der Waals surface area contributed by atoms with E-state index in [0.29, 0.717) is 10.8 Å². The van der Waals surface area contributed by atoms with Crippen LogP contribution in [-0.2, 0) is 19.6 Å². The first-order valence-electron chi connectivity index (χ1n) is 10.1. The van der Waals surface area contributed by atoms with E-state index in [9.17, 15) is 4.79 Å². The zero-order valence-corrected chi connectivity index (χ0v) is 17.7. The molecule has 0 fully saturated rings. The molecule has 154 valence electrons. The first-order chi connectivity index (χ1) is 14.6. The van der Waals surface area contributed by atoms with Gasteiger partial charge in [-0.05, 0) is 60.4 Å². The van der Waals surface area contributed by atoms with Crippen LogP contribution in [0.1, 0.15) is 35.7 Å².